The summed E-state index contributed by atoms with van der Waals surface area (Å²) in [5.41, 5.74) is -0.0196. The molecule has 1 heterocycles. The zero-order valence-corrected chi connectivity index (χ0v) is 15.9. The van der Waals surface area contributed by atoms with Crippen LogP contribution in [0, 0.1) is 11.6 Å². The predicted octanol–water partition coefficient (Wildman–Crippen LogP) is 2.58. The highest BCUT2D eigenvalue weighted by atomic mass is 32.2. The van der Waals surface area contributed by atoms with Gasteiger partial charge in [0, 0.05) is 43.4 Å². The van der Waals surface area contributed by atoms with Gasteiger partial charge in [-0.25, -0.2) is 22.0 Å². The van der Waals surface area contributed by atoms with Gasteiger partial charge in [-0.2, -0.15) is 4.31 Å². The van der Waals surface area contributed by atoms with Gasteiger partial charge < -0.3 is 4.42 Å². The summed E-state index contributed by atoms with van der Waals surface area (Å²) in [7, 11) is -2.04. The minimum atomic E-state index is -3.53. The number of aromatic nitrogens is 1. The number of oxazole rings is 1. The van der Waals surface area contributed by atoms with Crippen LogP contribution in [0.4, 0.5) is 8.78 Å². The van der Waals surface area contributed by atoms with Gasteiger partial charge in [0.05, 0.1) is 6.26 Å². The molecule has 0 amide bonds. The molecule has 0 aliphatic carbocycles. The van der Waals surface area contributed by atoms with E-state index in [1.807, 2.05) is 0 Å². The van der Waals surface area contributed by atoms with Crippen molar-refractivity contribution in [2.24, 2.45) is 7.05 Å². The fourth-order valence-corrected chi connectivity index (χ4v) is 3.54. The lowest BCUT2D eigenvalue weighted by Crippen LogP contribution is -2.30. The quantitative estimate of drug-likeness (QED) is 0.731. The number of benzene rings is 1. The first-order valence-electron chi connectivity index (χ1n) is 8.13. The lowest BCUT2D eigenvalue weighted by atomic mass is 9.96. The summed E-state index contributed by atoms with van der Waals surface area (Å²) in [5.74, 6) is -2.45. The van der Waals surface area contributed by atoms with Gasteiger partial charge in [-0.3, -0.25) is 4.57 Å². The molecule has 0 aliphatic rings. The Hall–Kier alpha value is -2.00. The van der Waals surface area contributed by atoms with Crippen molar-refractivity contribution in [2.75, 3.05) is 12.8 Å². The van der Waals surface area contributed by atoms with E-state index in [4.69, 9.17) is 4.42 Å². The molecule has 0 saturated heterocycles. The topological polar surface area (TPSA) is 72.5 Å². The molecular weight excluding hydrogens is 366 g/mol. The third kappa shape index (κ3) is 4.39. The summed E-state index contributed by atoms with van der Waals surface area (Å²) < 4.78 is 59.9. The van der Waals surface area contributed by atoms with Crippen LogP contribution in [-0.2, 0) is 23.6 Å². The summed E-state index contributed by atoms with van der Waals surface area (Å²) in [4.78, 5) is 11.4. The Labute approximate surface area is 151 Å². The number of hydrogen-bond donors (Lipinski definition) is 0. The third-order valence-electron chi connectivity index (χ3n) is 4.16. The Morgan fingerprint density at radius 2 is 1.92 bits per heavy atom. The van der Waals surface area contributed by atoms with E-state index in [2.05, 4.69) is 0 Å². The summed E-state index contributed by atoms with van der Waals surface area (Å²) in [6.45, 7) is 3.36. The van der Waals surface area contributed by atoms with Crippen molar-refractivity contribution < 1.29 is 21.6 Å². The monoisotopic (exact) mass is 388 g/mol. The first-order chi connectivity index (χ1) is 12.0. The molecule has 0 aliphatic heterocycles. The van der Waals surface area contributed by atoms with Crippen LogP contribution in [0.15, 0.2) is 27.5 Å². The first kappa shape index (κ1) is 20.3. The molecule has 144 valence electrons. The maximum Gasteiger partial charge on any atom is 0.418 e. The van der Waals surface area contributed by atoms with E-state index in [9.17, 15) is 22.0 Å². The maximum atomic E-state index is 14.5. The van der Waals surface area contributed by atoms with Crippen molar-refractivity contribution in [1.82, 2.24) is 8.87 Å². The van der Waals surface area contributed by atoms with E-state index in [1.165, 1.54) is 17.8 Å². The SMILES string of the molecule is CCCN(Cc1cc(F)c(C(C)c2cn(C)c(=O)o2)cc1F)S(C)(=O)=O. The van der Waals surface area contributed by atoms with Gasteiger partial charge in [-0.15, -0.1) is 0 Å². The Bertz CT molecular complexity index is 950. The van der Waals surface area contributed by atoms with E-state index in [0.29, 0.717) is 6.42 Å². The van der Waals surface area contributed by atoms with Gasteiger partial charge in [0.2, 0.25) is 10.0 Å². The summed E-state index contributed by atoms with van der Waals surface area (Å²) in [5, 5.41) is 0. The van der Waals surface area contributed by atoms with Gasteiger partial charge in [0.25, 0.3) is 0 Å². The van der Waals surface area contributed by atoms with Crippen molar-refractivity contribution in [1.29, 1.82) is 0 Å². The Balaban J connectivity index is 2.37. The average molecular weight is 388 g/mol. The van der Waals surface area contributed by atoms with Crippen molar-refractivity contribution in [3.8, 4) is 0 Å². The fraction of sp³-hybridized carbons (Fsp3) is 0.471. The van der Waals surface area contributed by atoms with Crippen LogP contribution in [-0.4, -0.2) is 30.1 Å². The second-order valence-electron chi connectivity index (χ2n) is 6.29. The standard InChI is InChI=1S/C17H22F2N2O4S/c1-5-6-21(26(4,23)24)9-12-7-15(19)13(8-14(12)18)11(2)16-10-20(3)17(22)25-16/h7-8,10-11H,5-6,9H2,1-4H3. The zero-order valence-electron chi connectivity index (χ0n) is 15.1. The van der Waals surface area contributed by atoms with Crippen molar-refractivity contribution in [3.63, 3.8) is 0 Å². The molecule has 9 heteroatoms. The minimum absolute atomic E-state index is 0.0296. The van der Waals surface area contributed by atoms with Gasteiger partial charge >= 0.3 is 5.76 Å². The lowest BCUT2D eigenvalue weighted by molar-refractivity contribution is 0.400. The Kier molecular flexibility index (Phi) is 6.02. The van der Waals surface area contributed by atoms with Crippen molar-refractivity contribution >= 4 is 10.0 Å². The molecule has 0 spiro atoms. The Morgan fingerprint density at radius 3 is 2.42 bits per heavy atom. The second kappa shape index (κ2) is 7.71. The molecule has 1 aromatic heterocycles. The molecule has 2 rings (SSSR count). The summed E-state index contributed by atoms with van der Waals surface area (Å²) in [6.07, 6.45) is 3.01. The summed E-state index contributed by atoms with van der Waals surface area (Å²) >= 11 is 0. The van der Waals surface area contributed by atoms with Crippen LogP contribution in [0.1, 0.15) is 43.1 Å². The summed E-state index contributed by atoms with van der Waals surface area (Å²) in [6, 6.07) is 2.02. The van der Waals surface area contributed by atoms with E-state index in [0.717, 1.165) is 22.7 Å². The van der Waals surface area contributed by atoms with Gasteiger partial charge in [-0.05, 0) is 18.6 Å². The van der Waals surface area contributed by atoms with Crippen LogP contribution in [0.2, 0.25) is 0 Å². The normalized spacial score (nSPS) is 13.3. The molecule has 26 heavy (non-hydrogen) atoms. The van der Waals surface area contributed by atoms with Crippen molar-refractivity contribution in [2.45, 2.75) is 32.7 Å². The molecule has 6 nitrogen and oxygen atoms in total. The van der Waals surface area contributed by atoms with Crippen LogP contribution in [0.5, 0.6) is 0 Å². The molecule has 0 saturated carbocycles. The highest BCUT2D eigenvalue weighted by Crippen LogP contribution is 2.28. The highest BCUT2D eigenvalue weighted by molar-refractivity contribution is 7.88. The number of hydrogen-bond acceptors (Lipinski definition) is 4. The molecule has 0 bridgehead atoms. The number of aryl methyl sites for hydroxylation is 1. The second-order valence-corrected chi connectivity index (χ2v) is 8.28. The molecule has 0 radical (unpaired) electrons. The Morgan fingerprint density at radius 1 is 1.27 bits per heavy atom. The lowest BCUT2D eigenvalue weighted by Gasteiger charge is -2.20. The molecule has 1 atom stereocenters. The molecular formula is C17H22F2N2O4S. The third-order valence-corrected chi connectivity index (χ3v) is 5.41. The molecule has 1 aromatic carbocycles. The van der Waals surface area contributed by atoms with Crippen LogP contribution in [0.25, 0.3) is 0 Å². The van der Waals surface area contributed by atoms with Crippen LogP contribution in [0.3, 0.4) is 0 Å². The smallest absolute Gasteiger partial charge is 0.412 e. The van der Waals surface area contributed by atoms with E-state index in [-0.39, 0.29) is 30.0 Å². The molecule has 1 unspecified atom stereocenters. The van der Waals surface area contributed by atoms with E-state index in [1.54, 1.807) is 13.8 Å². The number of sulfonamides is 1. The van der Waals surface area contributed by atoms with E-state index >= 15 is 0 Å². The van der Waals surface area contributed by atoms with Crippen LogP contribution >= 0.6 is 0 Å². The van der Waals surface area contributed by atoms with E-state index < -0.39 is 33.3 Å². The molecule has 0 fully saturated rings. The maximum absolute atomic E-state index is 14.5. The highest BCUT2D eigenvalue weighted by Gasteiger charge is 2.23. The average Bonchev–Trinajstić information content (AvgIpc) is 2.87. The molecule has 2 aromatic rings. The number of nitrogens with zero attached hydrogens (tertiary/aromatic N) is 2. The number of rotatable bonds is 7. The fourth-order valence-electron chi connectivity index (χ4n) is 2.65. The predicted molar refractivity (Wildman–Crippen MR) is 93.4 cm³/mol. The largest absolute Gasteiger partial charge is 0.418 e. The van der Waals surface area contributed by atoms with Gasteiger partial charge in [0.15, 0.2) is 0 Å². The molecule has 0 N–H and O–H groups in total. The van der Waals surface area contributed by atoms with Crippen LogP contribution < -0.4 is 5.76 Å². The first-order valence-corrected chi connectivity index (χ1v) is 9.98. The minimum Gasteiger partial charge on any atom is -0.412 e. The van der Waals surface area contributed by atoms with Crippen molar-refractivity contribution in [3.05, 3.63) is 57.4 Å². The van der Waals surface area contributed by atoms with Gasteiger partial charge in [0.1, 0.15) is 17.4 Å². The zero-order chi connectivity index (χ0) is 19.6. The number of halogens is 2. The van der Waals surface area contributed by atoms with Gasteiger partial charge in [-0.1, -0.05) is 13.8 Å².